The highest BCUT2D eigenvalue weighted by Crippen LogP contribution is 2.41. The number of hydrogen-bond acceptors (Lipinski definition) is 3. The number of hydrogen-bond donors (Lipinski definition) is 0. The van der Waals surface area contributed by atoms with Crippen LogP contribution in [0.15, 0.2) is 42.7 Å². The predicted octanol–water partition coefficient (Wildman–Crippen LogP) is 2.41. The average molecular weight is 366 g/mol. The minimum Gasteiger partial charge on any atom is -0.342 e. The first-order valence-electron chi connectivity index (χ1n) is 9.76. The highest BCUT2D eigenvalue weighted by atomic mass is 16.2. The van der Waals surface area contributed by atoms with Crippen molar-refractivity contribution in [2.24, 2.45) is 5.41 Å². The lowest BCUT2D eigenvalue weighted by atomic mass is 9.85. The number of nitrogens with zero attached hydrogens (tertiary/aromatic N) is 4. The van der Waals surface area contributed by atoms with Crippen LogP contribution in [0.2, 0.25) is 0 Å². The molecule has 6 heteroatoms. The molecule has 1 spiro atoms. The maximum absolute atomic E-state index is 13.0. The summed E-state index contributed by atoms with van der Waals surface area (Å²) in [5.41, 5.74) is 1.38. The molecule has 2 fully saturated rings. The number of benzene rings is 1. The molecular weight excluding hydrogens is 340 g/mol. The zero-order valence-electron chi connectivity index (χ0n) is 15.8. The molecule has 1 atom stereocenters. The van der Waals surface area contributed by atoms with Gasteiger partial charge in [0.2, 0.25) is 5.91 Å². The molecule has 0 aliphatic carbocycles. The van der Waals surface area contributed by atoms with Gasteiger partial charge in [-0.2, -0.15) is 5.10 Å². The summed E-state index contributed by atoms with van der Waals surface area (Å²) >= 11 is 0. The van der Waals surface area contributed by atoms with Crippen LogP contribution in [0.1, 0.15) is 42.1 Å². The van der Waals surface area contributed by atoms with E-state index in [1.165, 1.54) is 0 Å². The molecule has 1 aromatic carbocycles. The van der Waals surface area contributed by atoms with E-state index >= 15 is 0 Å². The zero-order valence-corrected chi connectivity index (χ0v) is 15.8. The number of carbonyl (C=O) groups is 2. The smallest absolute Gasteiger partial charge is 0.253 e. The van der Waals surface area contributed by atoms with E-state index in [9.17, 15) is 9.59 Å². The molecule has 1 unspecified atom stereocenters. The van der Waals surface area contributed by atoms with Gasteiger partial charge in [0.15, 0.2) is 0 Å². The molecule has 2 aliphatic heterocycles. The van der Waals surface area contributed by atoms with Crippen LogP contribution < -0.4 is 0 Å². The number of carbonyl (C=O) groups excluding carboxylic acids is 2. The Morgan fingerprint density at radius 2 is 2.07 bits per heavy atom. The number of amides is 2. The van der Waals surface area contributed by atoms with E-state index in [1.807, 2.05) is 51.0 Å². The Labute approximate surface area is 159 Å². The van der Waals surface area contributed by atoms with Gasteiger partial charge in [0.05, 0.1) is 12.0 Å². The summed E-state index contributed by atoms with van der Waals surface area (Å²) in [7, 11) is 0. The standard InChI is InChI=1S/C21H26N4O2/c1-2-10-23-12-7-21(20(23)27)8-13-24(16-21)19(26)18-6-3-5-17(14-18)15-25-11-4-9-22-25/h3-6,9,11,14H,2,7-8,10,12-13,15-16H2,1H3. The van der Waals surface area contributed by atoms with Gasteiger partial charge in [-0.3, -0.25) is 14.3 Å². The van der Waals surface area contributed by atoms with Gasteiger partial charge in [-0.1, -0.05) is 19.1 Å². The molecule has 0 N–H and O–H groups in total. The summed E-state index contributed by atoms with van der Waals surface area (Å²) in [6.07, 6.45) is 6.29. The molecule has 2 amide bonds. The van der Waals surface area contributed by atoms with Crippen molar-refractivity contribution in [1.29, 1.82) is 0 Å². The average Bonchev–Trinajstić information content (AvgIpc) is 3.40. The Balaban J connectivity index is 1.46. The van der Waals surface area contributed by atoms with Gasteiger partial charge in [0, 0.05) is 44.1 Å². The van der Waals surface area contributed by atoms with Crippen molar-refractivity contribution < 1.29 is 9.59 Å². The fraction of sp³-hybridized carbons (Fsp3) is 0.476. The van der Waals surface area contributed by atoms with Crippen molar-refractivity contribution in [3.05, 3.63) is 53.9 Å². The Morgan fingerprint density at radius 3 is 2.85 bits per heavy atom. The SMILES string of the molecule is CCCN1CCC2(CCN(C(=O)c3cccc(Cn4cccn4)c3)C2)C1=O. The van der Waals surface area contributed by atoms with Crippen molar-refractivity contribution in [3.8, 4) is 0 Å². The zero-order chi connectivity index (χ0) is 18.9. The van der Waals surface area contributed by atoms with Crippen molar-refractivity contribution in [2.45, 2.75) is 32.7 Å². The largest absolute Gasteiger partial charge is 0.342 e. The van der Waals surface area contributed by atoms with Gasteiger partial charge >= 0.3 is 0 Å². The van der Waals surface area contributed by atoms with Crippen LogP contribution in [0.4, 0.5) is 0 Å². The van der Waals surface area contributed by atoms with Crippen molar-refractivity contribution in [1.82, 2.24) is 19.6 Å². The van der Waals surface area contributed by atoms with Crippen LogP contribution in [0.3, 0.4) is 0 Å². The van der Waals surface area contributed by atoms with E-state index in [0.29, 0.717) is 25.2 Å². The van der Waals surface area contributed by atoms with Crippen LogP contribution in [0.5, 0.6) is 0 Å². The highest BCUT2D eigenvalue weighted by Gasteiger charge is 2.51. The Bertz CT molecular complexity index is 832. The predicted molar refractivity (Wildman–Crippen MR) is 102 cm³/mol. The van der Waals surface area contributed by atoms with Gasteiger partial charge in [-0.15, -0.1) is 0 Å². The summed E-state index contributed by atoms with van der Waals surface area (Å²) in [5, 5.41) is 4.22. The van der Waals surface area contributed by atoms with Crippen LogP contribution in [-0.4, -0.2) is 57.6 Å². The fourth-order valence-electron chi connectivity index (χ4n) is 4.37. The van der Waals surface area contributed by atoms with Gasteiger partial charge in [-0.25, -0.2) is 0 Å². The van der Waals surface area contributed by atoms with Crippen LogP contribution in [0.25, 0.3) is 0 Å². The molecule has 142 valence electrons. The first-order valence-corrected chi connectivity index (χ1v) is 9.76. The number of likely N-dealkylation sites (tertiary alicyclic amines) is 2. The monoisotopic (exact) mass is 366 g/mol. The Morgan fingerprint density at radius 1 is 1.22 bits per heavy atom. The fourth-order valence-corrected chi connectivity index (χ4v) is 4.37. The minimum atomic E-state index is -0.350. The third-order valence-electron chi connectivity index (χ3n) is 5.81. The molecule has 0 radical (unpaired) electrons. The van der Waals surface area contributed by atoms with Gasteiger partial charge < -0.3 is 9.80 Å². The maximum Gasteiger partial charge on any atom is 0.253 e. The van der Waals surface area contributed by atoms with E-state index < -0.39 is 0 Å². The van der Waals surface area contributed by atoms with Crippen molar-refractivity contribution >= 4 is 11.8 Å². The van der Waals surface area contributed by atoms with Crippen molar-refractivity contribution in [3.63, 3.8) is 0 Å². The molecular formula is C21H26N4O2. The second-order valence-corrected chi connectivity index (χ2v) is 7.70. The molecule has 4 rings (SSSR count). The third kappa shape index (κ3) is 3.36. The minimum absolute atomic E-state index is 0.0240. The molecule has 0 bridgehead atoms. The summed E-state index contributed by atoms with van der Waals surface area (Å²) < 4.78 is 1.84. The van der Waals surface area contributed by atoms with E-state index in [1.54, 1.807) is 6.20 Å². The van der Waals surface area contributed by atoms with Crippen LogP contribution in [-0.2, 0) is 11.3 Å². The van der Waals surface area contributed by atoms with Gasteiger partial charge in [-0.05, 0) is 43.0 Å². The molecule has 2 aliphatic rings. The summed E-state index contributed by atoms with van der Waals surface area (Å²) in [4.78, 5) is 29.7. The molecule has 1 aromatic heterocycles. The highest BCUT2D eigenvalue weighted by molar-refractivity contribution is 5.96. The lowest BCUT2D eigenvalue weighted by molar-refractivity contribution is -0.135. The number of rotatable bonds is 5. The molecule has 27 heavy (non-hydrogen) atoms. The van der Waals surface area contributed by atoms with E-state index in [4.69, 9.17) is 0 Å². The van der Waals surface area contributed by atoms with E-state index in [2.05, 4.69) is 12.0 Å². The Hall–Kier alpha value is -2.63. The van der Waals surface area contributed by atoms with Crippen LogP contribution in [0, 0.1) is 5.41 Å². The van der Waals surface area contributed by atoms with Gasteiger partial charge in [0.25, 0.3) is 5.91 Å². The third-order valence-corrected chi connectivity index (χ3v) is 5.81. The second-order valence-electron chi connectivity index (χ2n) is 7.70. The molecule has 6 nitrogen and oxygen atoms in total. The summed E-state index contributed by atoms with van der Waals surface area (Å²) in [6, 6.07) is 9.61. The molecule has 2 aromatic rings. The van der Waals surface area contributed by atoms with Crippen LogP contribution >= 0.6 is 0 Å². The topological polar surface area (TPSA) is 58.4 Å². The lowest BCUT2D eigenvalue weighted by Gasteiger charge is -2.23. The molecule has 0 saturated carbocycles. The number of aromatic nitrogens is 2. The maximum atomic E-state index is 13.0. The lowest BCUT2D eigenvalue weighted by Crippen LogP contribution is -2.38. The van der Waals surface area contributed by atoms with Gasteiger partial charge in [0.1, 0.15) is 0 Å². The normalized spacial score (nSPS) is 22.2. The quantitative estimate of drug-likeness (QED) is 0.816. The first kappa shape index (κ1) is 17.8. The molecule has 3 heterocycles. The Kier molecular flexibility index (Phi) is 4.72. The second kappa shape index (κ2) is 7.18. The van der Waals surface area contributed by atoms with E-state index in [0.717, 1.165) is 37.9 Å². The summed E-state index contributed by atoms with van der Waals surface area (Å²) in [5.74, 6) is 0.267. The molecule has 2 saturated heterocycles. The summed E-state index contributed by atoms with van der Waals surface area (Å²) in [6.45, 7) is 5.60. The van der Waals surface area contributed by atoms with E-state index in [-0.39, 0.29) is 17.2 Å². The first-order chi connectivity index (χ1) is 13.1. The van der Waals surface area contributed by atoms with Crippen molar-refractivity contribution in [2.75, 3.05) is 26.2 Å².